The maximum absolute atomic E-state index is 12.3. The van der Waals surface area contributed by atoms with E-state index in [-0.39, 0.29) is 34.8 Å². The maximum Gasteiger partial charge on any atom is 0.207 e. The first kappa shape index (κ1) is 21.2. The highest BCUT2D eigenvalue weighted by atomic mass is 16.3. The van der Waals surface area contributed by atoms with Gasteiger partial charge in [-0.15, -0.1) is 0 Å². The van der Waals surface area contributed by atoms with Crippen molar-refractivity contribution in [2.75, 3.05) is 0 Å². The van der Waals surface area contributed by atoms with Crippen molar-refractivity contribution >= 4 is 23.7 Å². The molecule has 0 N–H and O–H groups in total. The molecule has 154 valence electrons. The first-order chi connectivity index (χ1) is 14.3. The molecule has 6 heteroatoms. The highest BCUT2D eigenvalue weighted by Crippen LogP contribution is 2.16. The summed E-state index contributed by atoms with van der Waals surface area (Å²) in [6.07, 6.45) is 9.08. The summed E-state index contributed by atoms with van der Waals surface area (Å²) in [5, 5.41) is 0. The van der Waals surface area contributed by atoms with Crippen molar-refractivity contribution in [2.24, 2.45) is 0 Å². The normalized spacial score (nSPS) is 11.9. The molecule has 30 heavy (non-hydrogen) atoms. The molecular weight excluding hydrogens is 380 g/mol. The molecule has 0 aliphatic rings. The number of allylic oxidation sites excluding steroid dienone is 2. The van der Waals surface area contributed by atoms with E-state index in [9.17, 15) is 9.59 Å². The van der Waals surface area contributed by atoms with Gasteiger partial charge in [0.25, 0.3) is 0 Å². The smallest absolute Gasteiger partial charge is 0.207 e. The lowest BCUT2D eigenvalue weighted by molar-refractivity contribution is 0.103. The van der Waals surface area contributed by atoms with Crippen molar-refractivity contribution in [3.05, 3.63) is 83.2 Å². The summed E-state index contributed by atoms with van der Waals surface area (Å²) >= 11 is 0. The standard InChI is InChI=1S/C24H24N2O4/c1-15(2)23-25-19(13-29-23)21(27)10-8-17-6-5-7-18(12-17)9-11-22(28)20-14-30-24(26-20)16(3)4/h5-16H,1-4H3. The van der Waals surface area contributed by atoms with Gasteiger partial charge in [-0.25, -0.2) is 9.97 Å². The van der Waals surface area contributed by atoms with Crippen LogP contribution in [-0.2, 0) is 0 Å². The minimum absolute atomic E-state index is 0.121. The van der Waals surface area contributed by atoms with Crippen molar-refractivity contribution in [3.63, 3.8) is 0 Å². The molecule has 0 amide bonds. The van der Waals surface area contributed by atoms with Crippen LogP contribution in [0.4, 0.5) is 0 Å². The molecule has 0 aliphatic carbocycles. The Morgan fingerprint density at radius 3 is 1.60 bits per heavy atom. The van der Waals surface area contributed by atoms with Gasteiger partial charge < -0.3 is 8.83 Å². The van der Waals surface area contributed by atoms with Crippen LogP contribution in [0, 0.1) is 0 Å². The number of ketones is 2. The van der Waals surface area contributed by atoms with Crippen LogP contribution in [0.25, 0.3) is 12.2 Å². The fraction of sp³-hybridized carbons (Fsp3) is 0.250. The second-order valence-electron chi connectivity index (χ2n) is 7.52. The molecule has 0 spiro atoms. The van der Waals surface area contributed by atoms with Gasteiger partial charge >= 0.3 is 0 Å². The predicted octanol–water partition coefficient (Wildman–Crippen LogP) is 5.70. The Labute approximate surface area is 175 Å². The zero-order valence-corrected chi connectivity index (χ0v) is 17.5. The number of carbonyl (C=O) groups is 2. The third kappa shape index (κ3) is 5.29. The van der Waals surface area contributed by atoms with E-state index in [1.54, 1.807) is 12.2 Å². The zero-order valence-electron chi connectivity index (χ0n) is 17.5. The van der Waals surface area contributed by atoms with Crippen molar-refractivity contribution < 1.29 is 18.4 Å². The minimum Gasteiger partial charge on any atom is -0.448 e. The summed E-state index contributed by atoms with van der Waals surface area (Å²) in [7, 11) is 0. The van der Waals surface area contributed by atoms with Crippen LogP contribution in [0.5, 0.6) is 0 Å². The molecule has 0 radical (unpaired) electrons. The fourth-order valence-corrected chi connectivity index (χ4v) is 2.61. The van der Waals surface area contributed by atoms with Gasteiger partial charge in [-0.05, 0) is 29.3 Å². The molecule has 3 aromatic rings. The van der Waals surface area contributed by atoms with Crippen molar-refractivity contribution in [3.8, 4) is 0 Å². The van der Waals surface area contributed by atoms with Crippen LogP contribution in [0.1, 0.15) is 83.4 Å². The fourth-order valence-electron chi connectivity index (χ4n) is 2.61. The van der Waals surface area contributed by atoms with Crippen molar-refractivity contribution in [1.82, 2.24) is 9.97 Å². The molecule has 3 rings (SSSR count). The monoisotopic (exact) mass is 404 g/mol. The SMILES string of the molecule is CC(C)c1nc(C(=O)C=Cc2cccc(C=CC(=O)c3coc(C(C)C)n3)c2)co1. The van der Waals surface area contributed by atoms with E-state index in [0.29, 0.717) is 11.8 Å². The Bertz CT molecular complexity index is 1020. The molecule has 6 nitrogen and oxygen atoms in total. The third-order valence-electron chi connectivity index (χ3n) is 4.30. The van der Waals surface area contributed by atoms with Crippen molar-refractivity contribution in [1.29, 1.82) is 0 Å². The van der Waals surface area contributed by atoms with Gasteiger partial charge in [0.2, 0.25) is 11.6 Å². The lowest BCUT2D eigenvalue weighted by Crippen LogP contribution is -1.96. The largest absolute Gasteiger partial charge is 0.448 e. The zero-order chi connectivity index (χ0) is 21.7. The molecule has 0 saturated heterocycles. The van der Waals surface area contributed by atoms with E-state index in [1.165, 1.54) is 24.7 Å². The Balaban J connectivity index is 1.67. The number of hydrogen-bond acceptors (Lipinski definition) is 6. The van der Waals surface area contributed by atoms with E-state index >= 15 is 0 Å². The summed E-state index contributed by atoms with van der Waals surface area (Å²) in [4.78, 5) is 33.0. The molecule has 0 unspecified atom stereocenters. The summed E-state index contributed by atoms with van der Waals surface area (Å²) in [5.74, 6) is 0.863. The van der Waals surface area contributed by atoms with Gasteiger partial charge in [0, 0.05) is 11.8 Å². The first-order valence-corrected chi connectivity index (χ1v) is 9.79. The number of carbonyl (C=O) groups excluding carboxylic acids is 2. The number of oxazole rings is 2. The highest BCUT2D eigenvalue weighted by molar-refractivity contribution is 6.06. The lowest BCUT2D eigenvalue weighted by Gasteiger charge is -1.97. The first-order valence-electron chi connectivity index (χ1n) is 9.79. The summed E-state index contributed by atoms with van der Waals surface area (Å²) < 4.78 is 10.6. The predicted molar refractivity (Wildman–Crippen MR) is 114 cm³/mol. The molecular formula is C24H24N2O4. The maximum atomic E-state index is 12.3. The molecule has 0 fully saturated rings. The number of rotatable bonds is 8. The third-order valence-corrected chi connectivity index (χ3v) is 4.30. The van der Waals surface area contributed by atoms with E-state index in [0.717, 1.165) is 11.1 Å². The molecule has 0 saturated carbocycles. The van der Waals surface area contributed by atoms with E-state index in [4.69, 9.17) is 8.83 Å². The van der Waals surface area contributed by atoms with Gasteiger partial charge in [0.05, 0.1) is 0 Å². The number of nitrogens with zero attached hydrogens (tertiary/aromatic N) is 2. The number of aromatic nitrogens is 2. The van der Waals surface area contributed by atoms with Crippen molar-refractivity contribution in [2.45, 2.75) is 39.5 Å². The quantitative estimate of drug-likeness (QED) is 0.353. The van der Waals surface area contributed by atoms with Gasteiger partial charge in [-0.3, -0.25) is 9.59 Å². The molecule has 0 aliphatic heterocycles. The van der Waals surface area contributed by atoms with Gasteiger partial charge in [0.15, 0.2) is 11.8 Å². The van der Waals surface area contributed by atoms with Crippen LogP contribution in [-0.4, -0.2) is 21.5 Å². The second-order valence-corrected chi connectivity index (χ2v) is 7.52. The van der Waals surface area contributed by atoms with Crippen LogP contribution in [0.2, 0.25) is 0 Å². The summed E-state index contributed by atoms with van der Waals surface area (Å²) in [6, 6.07) is 7.47. The van der Waals surface area contributed by atoms with Crippen LogP contribution in [0.3, 0.4) is 0 Å². The highest BCUT2D eigenvalue weighted by Gasteiger charge is 2.13. The average molecular weight is 404 g/mol. The Morgan fingerprint density at radius 1 is 0.800 bits per heavy atom. The average Bonchev–Trinajstić information content (AvgIpc) is 3.40. The molecule has 2 aromatic heterocycles. The van der Waals surface area contributed by atoms with Gasteiger partial charge in [-0.2, -0.15) is 0 Å². The Morgan fingerprint density at radius 2 is 1.23 bits per heavy atom. The molecule has 1 aromatic carbocycles. The van der Waals surface area contributed by atoms with Gasteiger partial charge in [-0.1, -0.05) is 58.0 Å². The Hall–Kier alpha value is -3.54. The molecule has 2 heterocycles. The van der Waals surface area contributed by atoms with Crippen LogP contribution in [0.15, 0.2) is 57.8 Å². The summed E-state index contributed by atoms with van der Waals surface area (Å²) in [5.41, 5.74) is 2.22. The molecule has 0 bridgehead atoms. The van der Waals surface area contributed by atoms with Crippen LogP contribution < -0.4 is 0 Å². The van der Waals surface area contributed by atoms with Crippen LogP contribution >= 0.6 is 0 Å². The van der Waals surface area contributed by atoms with E-state index < -0.39 is 0 Å². The van der Waals surface area contributed by atoms with E-state index in [1.807, 2.05) is 52.0 Å². The van der Waals surface area contributed by atoms with E-state index in [2.05, 4.69) is 9.97 Å². The minimum atomic E-state index is -0.228. The number of hydrogen-bond donors (Lipinski definition) is 0. The number of benzene rings is 1. The molecule has 0 atom stereocenters. The van der Waals surface area contributed by atoms with Gasteiger partial charge in [0.1, 0.15) is 23.9 Å². The second kappa shape index (κ2) is 9.31. The Kier molecular flexibility index (Phi) is 6.57. The summed E-state index contributed by atoms with van der Waals surface area (Å²) in [6.45, 7) is 7.80. The lowest BCUT2D eigenvalue weighted by atomic mass is 10.1. The topological polar surface area (TPSA) is 86.2 Å².